The number of hydrogen-bond donors (Lipinski definition) is 1. The molecule has 0 heterocycles. The minimum atomic E-state index is -0.0353. The Labute approximate surface area is 81.3 Å². The van der Waals surface area contributed by atoms with Crippen molar-refractivity contribution in [2.75, 3.05) is 13.6 Å². The molecule has 0 aromatic heterocycles. The molecule has 3 heteroatoms. The molecule has 0 bridgehead atoms. The van der Waals surface area contributed by atoms with Crippen molar-refractivity contribution in [1.29, 1.82) is 0 Å². The second kappa shape index (κ2) is 5.97. The summed E-state index contributed by atoms with van der Waals surface area (Å²) < 4.78 is 0. The molecule has 0 aromatic carbocycles. The van der Waals surface area contributed by atoms with Crippen molar-refractivity contribution < 1.29 is 4.79 Å². The van der Waals surface area contributed by atoms with Crippen molar-refractivity contribution in [2.24, 2.45) is 11.7 Å². The van der Waals surface area contributed by atoms with Gasteiger partial charge in [-0.25, -0.2) is 0 Å². The first-order valence-corrected chi connectivity index (χ1v) is 4.96. The molecule has 0 saturated carbocycles. The molecule has 0 aliphatic carbocycles. The van der Waals surface area contributed by atoms with Gasteiger partial charge >= 0.3 is 0 Å². The highest BCUT2D eigenvalue weighted by atomic mass is 16.2. The van der Waals surface area contributed by atoms with Gasteiger partial charge in [0.2, 0.25) is 5.91 Å². The predicted molar refractivity (Wildman–Crippen MR) is 55.4 cm³/mol. The average Bonchev–Trinajstić information content (AvgIpc) is 2.02. The van der Waals surface area contributed by atoms with E-state index in [1.54, 1.807) is 4.90 Å². The van der Waals surface area contributed by atoms with Crippen molar-refractivity contribution >= 4 is 5.91 Å². The van der Waals surface area contributed by atoms with Crippen LogP contribution in [0.1, 0.15) is 33.6 Å². The molecule has 0 saturated heterocycles. The van der Waals surface area contributed by atoms with Crippen molar-refractivity contribution in [3.63, 3.8) is 0 Å². The Hall–Kier alpha value is -0.570. The monoisotopic (exact) mass is 186 g/mol. The third-order valence-electron chi connectivity index (χ3n) is 2.20. The van der Waals surface area contributed by atoms with Gasteiger partial charge in [-0.1, -0.05) is 20.3 Å². The predicted octanol–water partition coefficient (Wildman–Crippen LogP) is 1.23. The van der Waals surface area contributed by atoms with E-state index < -0.39 is 0 Å². The lowest BCUT2D eigenvalue weighted by atomic mass is 10.1. The van der Waals surface area contributed by atoms with Gasteiger partial charge in [0.25, 0.3) is 0 Å². The second-order valence-corrected chi connectivity index (χ2v) is 3.97. The van der Waals surface area contributed by atoms with Gasteiger partial charge in [-0.15, -0.1) is 0 Å². The SMILES string of the molecule is CCC(C)CN(C)C(=O)CC(C)N. The van der Waals surface area contributed by atoms with E-state index in [2.05, 4.69) is 13.8 Å². The zero-order valence-electron chi connectivity index (χ0n) is 9.21. The largest absolute Gasteiger partial charge is 0.345 e. The van der Waals surface area contributed by atoms with E-state index >= 15 is 0 Å². The Morgan fingerprint density at radius 1 is 1.46 bits per heavy atom. The lowest BCUT2D eigenvalue weighted by molar-refractivity contribution is -0.130. The van der Waals surface area contributed by atoms with Gasteiger partial charge in [-0.05, 0) is 12.8 Å². The van der Waals surface area contributed by atoms with E-state index in [0.717, 1.165) is 13.0 Å². The lowest BCUT2D eigenvalue weighted by Crippen LogP contribution is -2.34. The quantitative estimate of drug-likeness (QED) is 0.702. The van der Waals surface area contributed by atoms with Crippen LogP contribution in [-0.4, -0.2) is 30.4 Å². The number of carbonyl (C=O) groups excluding carboxylic acids is 1. The van der Waals surface area contributed by atoms with Crippen molar-refractivity contribution in [2.45, 2.75) is 39.7 Å². The van der Waals surface area contributed by atoms with Crippen LogP contribution in [0, 0.1) is 5.92 Å². The third-order valence-corrected chi connectivity index (χ3v) is 2.20. The van der Waals surface area contributed by atoms with Crippen LogP contribution >= 0.6 is 0 Å². The minimum Gasteiger partial charge on any atom is -0.345 e. The summed E-state index contributed by atoms with van der Waals surface area (Å²) in [5.41, 5.74) is 5.55. The van der Waals surface area contributed by atoms with Gasteiger partial charge in [0.05, 0.1) is 0 Å². The number of nitrogens with two attached hydrogens (primary N) is 1. The number of hydrogen-bond acceptors (Lipinski definition) is 2. The van der Waals surface area contributed by atoms with Crippen LogP contribution in [0.3, 0.4) is 0 Å². The molecule has 78 valence electrons. The van der Waals surface area contributed by atoms with Gasteiger partial charge in [-0.3, -0.25) is 4.79 Å². The Kier molecular flexibility index (Phi) is 5.71. The zero-order chi connectivity index (χ0) is 10.4. The first-order valence-electron chi connectivity index (χ1n) is 4.96. The van der Waals surface area contributed by atoms with Crippen LogP contribution in [-0.2, 0) is 4.79 Å². The normalized spacial score (nSPS) is 15.2. The lowest BCUT2D eigenvalue weighted by Gasteiger charge is -2.21. The van der Waals surface area contributed by atoms with Gasteiger partial charge in [0.15, 0.2) is 0 Å². The molecule has 0 aromatic rings. The highest BCUT2D eigenvalue weighted by molar-refractivity contribution is 5.76. The van der Waals surface area contributed by atoms with E-state index in [-0.39, 0.29) is 11.9 Å². The van der Waals surface area contributed by atoms with Crippen LogP contribution in [0.25, 0.3) is 0 Å². The Balaban J connectivity index is 3.82. The highest BCUT2D eigenvalue weighted by Gasteiger charge is 2.12. The molecule has 1 amide bonds. The molecule has 13 heavy (non-hydrogen) atoms. The number of amides is 1. The smallest absolute Gasteiger partial charge is 0.223 e. The Morgan fingerprint density at radius 2 is 2.00 bits per heavy atom. The highest BCUT2D eigenvalue weighted by Crippen LogP contribution is 2.04. The summed E-state index contributed by atoms with van der Waals surface area (Å²) in [5.74, 6) is 0.720. The molecule has 0 rings (SSSR count). The van der Waals surface area contributed by atoms with Gasteiger partial charge in [0.1, 0.15) is 0 Å². The van der Waals surface area contributed by atoms with Crippen molar-refractivity contribution in [3.05, 3.63) is 0 Å². The molecule has 2 atom stereocenters. The number of nitrogens with zero attached hydrogens (tertiary/aromatic N) is 1. The van der Waals surface area contributed by atoms with E-state index in [1.807, 2.05) is 14.0 Å². The third kappa shape index (κ3) is 5.64. The fourth-order valence-electron chi connectivity index (χ4n) is 1.13. The Bertz CT molecular complexity index is 157. The molecule has 2 N–H and O–H groups in total. The standard InChI is InChI=1S/C10H22N2O/c1-5-8(2)7-12(4)10(13)6-9(3)11/h8-9H,5-7,11H2,1-4H3. The summed E-state index contributed by atoms with van der Waals surface area (Å²) in [7, 11) is 1.84. The van der Waals surface area contributed by atoms with Crippen LogP contribution in [0.5, 0.6) is 0 Å². The van der Waals surface area contributed by atoms with E-state index in [0.29, 0.717) is 12.3 Å². The van der Waals surface area contributed by atoms with Crippen LogP contribution in [0.15, 0.2) is 0 Å². The zero-order valence-corrected chi connectivity index (χ0v) is 9.21. The summed E-state index contributed by atoms with van der Waals surface area (Å²) >= 11 is 0. The summed E-state index contributed by atoms with van der Waals surface area (Å²) in [6.45, 7) is 6.97. The molecule has 0 aliphatic heterocycles. The van der Waals surface area contributed by atoms with Crippen molar-refractivity contribution in [1.82, 2.24) is 4.90 Å². The average molecular weight is 186 g/mol. The molecular weight excluding hydrogens is 164 g/mol. The topological polar surface area (TPSA) is 46.3 Å². The molecular formula is C10H22N2O. The number of rotatable bonds is 5. The molecule has 0 radical (unpaired) electrons. The van der Waals surface area contributed by atoms with E-state index in [9.17, 15) is 4.79 Å². The summed E-state index contributed by atoms with van der Waals surface area (Å²) in [6, 6.07) is -0.0353. The first-order chi connectivity index (χ1) is 5.97. The summed E-state index contributed by atoms with van der Waals surface area (Å²) in [4.78, 5) is 13.2. The van der Waals surface area contributed by atoms with Crippen molar-refractivity contribution in [3.8, 4) is 0 Å². The maximum Gasteiger partial charge on any atom is 0.223 e. The second-order valence-electron chi connectivity index (χ2n) is 3.97. The minimum absolute atomic E-state index is 0.0353. The van der Waals surface area contributed by atoms with Gasteiger partial charge < -0.3 is 10.6 Å². The first kappa shape index (κ1) is 12.4. The summed E-state index contributed by atoms with van der Waals surface area (Å²) in [6.07, 6.45) is 1.56. The van der Waals surface area contributed by atoms with Crippen LogP contribution in [0.2, 0.25) is 0 Å². The van der Waals surface area contributed by atoms with E-state index in [1.165, 1.54) is 0 Å². The van der Waals surface area contributed by atoms with Crippen LogP contribution < -0.4 is 5.73 Å². The molecule has 3 nitrogen and oxygen atoms in total. The van der Waals surface area contributed by atoms with E-state index in [4.69, 9.17) is 5.73 Å². The number of carbonyl (C=O) groups is 1. The fourth-order valence-corrected chi connectivity index (χ4v) is 1.13. The van der Waals surface area contributed by atoms with Crippen LogP contribution in [0.4, 0.5) is 0 Å². The molecule has 0 aliphatic rings. The molecule has 2 unspecified atom stereocenters. The fraction of sp³-hybridized carbons (Fsp3) is 0.900. The molecule has 0 fully saturated rings. The van der Waals surface area contributed by atoms with Gasteiger partial charge in [0, 0.05) is 26.1 Å². The maximum atomic E-state index is 11.5. The summed E-state index contributed by atoms with van der Waals surface area (Å²) in [5, 5.41) is 0. The van der Waals surface area contributed by atoms with Gasteiger partial charge in [-0.2, -0.15) is 0 Å². The Morgan fingerprint density at radius 3 is 2.38 bits per heavy atom. The molecule has 0 spiro atoms. The maximum absolute atomic E-state index is 11.5.